The normalized spacial score (nSPS) is 14.3. The van der Waals surface area contributed by atoms with Crippen molar-refractivity contribution in [1.82, 2.24) is 0 Å². The van der Waals surface area contributed by atoms with Gasteiger partial charge in [0.15, 0.2) is 0 Å². The molecule has 0 aliphatic carbocycles. The van der Waals surface area contributed by atoms with E-state index in [4.69, 9.17) is 4.74 Å². The van der Waals surface area contributed by atoms with Gasteiger partial charge in [0.05, 0.1) is 25.9 Å². The van der Waals surface area contributed by atoms with Crippen molar-refractivity contribution in [1.29, 1.82) is 0 Å². The number of aromatic amines is 1. The van der Waals surface area contributed by atoms with Crippen LogP contribution in [-0.4, -0.2) is 48.3 Å². The lowest BCUT2D eigenvalue weighted by Gasteiger charge is -2.32. The average molecular weight is 454 g/mol. The van der Waals surface area contributed by atoms with Crippen LogP contribution >= 0.6 is 0 Å². The molecule has 1 fully saturated rings. The van der Waals surface area contributed by atoms with Crippen molar-refractivity contribution in [2.24, 2.45) is 0 Å². The molecule has 2 aromatic carbocycles. The molecule has 2 heterocycles. The Morgan fingerprint density at radius 3 is 2.12 bits per heavy atom. The molecule has 1 aliphatic heterocycles. The van der Waals surface area contributed by atoms with Gasteiger partial charge < -0.3 is 9.64 Å². The number of sulfonamides is 1. The molecule has 0 bridgehead atoms. The number of anilines is 3. The molecular weight excluding hydrogens is 424 g/mol. The Balaban J connectivity index is 1.43. The molecule has 0 spiro atoms. The second kappa shape index (κ2) is 9.48. The molecule has 32 heavy (non-hydrogen) atoms. The maximum Gasteiger partial charge on any atom is 0.274 e. The van der Waals surface area contributed by atoms with Crippen molar-refractivity contribution in [3.63, 3.8) is 0 Å². The van der Waals surface area contributed by atoms with Crippen LogP contribution in [0.1, 0.15) is 6.92 Å². The highest BCUT2D eigenvalue weighted by Gasteiger charge is 2.27. The zero-order chi connectivity index (χ0) is 22.6. The number of para-hydroxylation sites is 1. The molecule has 0 atom stereocenters. The third-order valence-corrected chi connectivity index (χ3v) is 7.64. The predicted molar refractivity (Wildman–Crippen MR) is 127 cm³/mol. The molecule has 1 aromatic heterocycles. The van der Waals surface area contributed by atoms with E-state index in [0.29, 0.717) is 12.2 Å². The van der Waals surface area contributed by atoms with Crippen LogP contribution in [0.15, 0.2) is 77.8 Å². The first kappa shape index (κ1) is 22.0. The average Bonchev–Trinajstić information content (AvgIpc) is 2.85. The van der Waals surface area contributed by atoms with Crippen molar-refractivity contribution in [3.05, 3.63) is 72.9 Å². The van der Waals surface area contributed by atoms with Gasteiger partial charge in [0.1, 0.15) is 29.9 Å². The molecule has 0 radical (unpaired) electrons. The molecule has 0 unspecified atom stereocenters. The number of methoxy groups -OCH3 is 1. The molecule has 1 aliphatic rings. The molecule has 168 valence electrons. The number of ether oxygens (including phenoxy) is 1. The van der Waals surface area contributed by atoms with Crippen LogP contribution in [0, 0.1) is 0 Å². The fourth-order valence-corrected chi connectivity index (χ4v) is 5.41. The number of nitrogens with one attached hydrogen (secondary N) is 1. The molecule has 1 saturated heterocycles. The minimum atomic E-state index is -3.64. The SMILES string of the molecule is CCN(c1ccccc1)S(=O)(=O)c1ccc(N2CCN(c3ccc(OC)cc3)CC2)[nH+]c1. The van der Waals surface area contributed by atoms with Crippen molar-refractivity contribution < 1.29 is 18.1 Å². The third kappa shape index (κ3) is 4.50. The van der Waals surface area contributed by atoms with Gasteiger partial charge in [-0.1, -0.05) is 18.2 Å². The van der Waals surface area contributed by atoms with Gasteiger partial charge in [0.25, 0.3) is 15.8 Å². The predicted octanol–water partition coefficient (Wildman–Crippen LogP) is 3.05. The Labute approximate surface area is 189 Å². The number of pyridine rings is 1. The van der Waals surface area contributed by atoms with Crippen LogP contribution in [0.2, 0.25) is 0 Å². The Morgan fingerprint density at radius 2 is 1.56 bits per heavy atom. The van der Waals surface area contributed by atoms with Crippen LogP contribution in [0.25, 0.3) is 0 Å². The van der Waals surface area contributed by atoms with Crippen molar-refractivity contribution >= 4 is 27.2 Å². The monoisotopic (exact) mass is 453 g/mol. The largest absolute Gasteiger partial charge is 0.497 e. The Kier molecular flexibility index (Phi) is 6.50. The van der Waals surface area contributed by atoms with E-state index in [0.717, 1.165) is 37.7 Å². The molecule has 8 heteroatoms. The number of benzene rings is 2. The Bertz CT molecular complexity index is 1110. The summed E-state index contributed by atoms with van der Waals surface area (Å²) >= 11 is 0. The van der Waals surface area contributed by atoms with Gasteiger partial charge in [-0.25, -0.2) is 13.4 Å². The van der Waals surface area contributed by atoms with Crippen LogP contribution in [0.4, 0.5) is 17.2 Å². The van der Waals surface area contributed by atoms with Crippen LogP contribution in [0.5, 0.6) is 5.75 Å². The number of H-pyrrole nitrogens is 1. The number of hydrogen-bond acceptors (Lipinski definition) is 5. The van der Waals surface area contributed by atoms with Crippen molar-refractivity contribution in [2.75, 3.05) is 53.9 Å². The highest BCUT2D eigenvalue weighted by Crippen LogP contribution is 2.24. The molecule has 3 aromatic rings. The van der Waals surface area contributed by atoms with E-state index in [-0.39, 0.29) is 4.90 Å². The number of hydrogen-bond donors (Lipinski definition) is 0. The zero-order valence-electron chi connectivity index (χ0n) is 18.4. The summed E-state index contributed by atoms with van der Waals surface area (Å²) < 4.78 is 33.0. The lowest BCUT2D eigenvalue weighted by Crippen LogP contribution is -2.48. The molecule has 4 rings (SSSR count). The Hall–Kier alpha value is -3.26. The van der Waals surface area contributed by atoms with Crippen LogP contribution in [-0.2, 0) is 10.0 Å². The fraction of sp³-hybridized carbons (Fsp3) is 0.292. The van der Waals surface area contributed by atoms with Gasteiger partial charge in [0, 0.05) is 18.3 Å². The zero-order valence-corrected chi connectivity index (χ0v) is 19.3. The summed E-state index contributed by atoms with van der Waals surface area (Å²) in [6, 6.07) is 20.8. The van der Waals surface area contributed by atoms with E-state index in [1.54, 1.807) is 31.5 Å². The van der Waals surface area contributed by atoms with E-state index < -0.39 is 10.0 Å². The second-order valence-corrected chi connectivity index (χ2v) is 9.45. The summed E-state index contributed by atoms with van der Waals surface area (Å²) in [4.78, 5) is 8.03. The molecule has 7 nitrogen and oxygen atoms in total. The summed E-state index contributed by atoms with van der Waals surface area (Å²) in [6.45, 7) is 5.67. The lowest BCUT2D eigenvalue weighted by molar-refractivity contribution is -0.367. The number of rotatable bonds is 7. The van der Waals surface area contributed by atoms with Crippen molar-refractivity contribution in [3.8, 4) is 5.75 Å². The number of piperazine rings is 1. The fourth-order valence-electron chi connectivity index (χ4n) is 3.97. The van der Waals surface area contributed by atoms with Crippen LogP contribution < -0.4 is 23.8 Å². The highest BCUT2D eigenvalue weighted by molar-refractivity contribution is 7.92. The van der Waals surface area contributed by atoms with Gasteiger partial charge in [-0.3, -0.25) is 9.21 Å². The van der Waals surface area contributed by atoms with Gasteiger partial charge in [-0.2, -0.15) is 0 Å². The van der Waals surface area contributed by atoms with Crippen molar-refractivity contribution in [2.45, 2.75) is 11.8 Å². The van der Waals surface area contributed by atoms with E-state index in [2.05, 4.69) is 26.9 Å². The van der Waals surface area contributed by atoms with Gasteiger partial charge in [-0.05, 0) is 49.4 Å². The number of nitrogens with zero attached hydrogens (tertiary/aromatic N) is 3. The Morgan fingerprint density at radius 1 is 0.906 bits per heavy atom. The highest BCUT2D eigenvalue weighted by atomic mass is 32.2. The first-order valence-electron chi connectivity index (χ1n) is 10.8. The van der Waals surface area contributed by atoms with E-state index in [1.807, 2.05) is 43.3 Å². The van der Waals surface area contributed by atoms with Gasteiger partial charge in [0.2, 0.25) is 0 Å². The lowest BCUT2D eigenvalue weighted by atomic mass is 10.2. The maximum atomic E-state index is 13.2. The quantitative estimate of drug-likeness (QED) is 0.550. The smallest absolute Gasteiger partial charge is 0.274 e. The summed E-state index contributed by atoms with van der Waals surface area (Å²) in [7, 11) is -1.97. The first-order valence-corrected chi connectivity index (χ1v) is 12.2. The first-order chi connectivity index (χ1) is 15.5. The maximum absolute atomic E-state index is 13.2. The minimum Gasteiger partial charge on any atom is -0.497 e. The van der Waals surface area contributed by atoms with Gasteiger partial charge in [-0.15, -0.1) is 0 Å². The summed E-state index contributed by atoms with van der Waals surface area (Å²) in [6.07, 6.45) is 1.59. The second-order valence-electron chi connectivity index (χ2n) is 7.59. The third-order valence-electron chi connectivity index (χ3n) is 5.75. The minimum absolute atomic E-state index is 0.254. The topological polar surface area (TPSA) is 67.2 Å². The summed E-state index contributed by atoms with van der Waals surface area (Å²) in [5, 5.41) is 0. The standard InChI is InChI=1S/C24H28N4O3S/c1-3-28(21-7-5-4-6-8-21)32(29,30)23-13-14-24(25-19-23)27-17-15-26(16-18-27)20-9-11-22(31-2)12-10-20/h4-14,19H,3,15-18H2,1-2H3/p+1. The summed E-state index contributed by atoms with van der Waals surface area (Å²) in [5.41, 5.74) is 1.84. The molecule has 0 amide bonds. The van der Waals surface area contributed by atoms with E-state index >= 15 is 0 Å². The molecule has 0 saturated carbocycles. The van der Waals surface area contributed by atoms with Gasteiger partial charge >= 0.3 is 0 Å². The summed E-state index contributed by atoms with van der Waals surface area (Å²) in [5.74, 6) is 1.77. The molecule has 1 N–H and O–H groups in total. The van der Waals surface area contributed by atoms with E-state index in [1.165, 1.54) is 9.99 Å². The van der Waals surface area contributed by atoms with Crippen LogP contribution in [0.3, 0.4) is 0 Å². The number of aromatic nitrogens is 1. The van der Waals surface area contributed by atoms with E-state index in [9.17, 15) is 8.42 Å². The molecular formula is C24H29N4O3S+.